The molecule has 0 nitrogen and oxygen atoms in total. The van der Waals surface area contributed by atoms with Crippen LogP contribution < -0.4 is 24.8 Å². The monoisotopic (exact) mass is 657 g/mol. The van der Waals surface area contributed by atoms with Crippen molar-refractivity contribution in [2.24, 2.45) is 0 Å². The van der Waals surface area contributed by atoms with Gasteiger partial charge in [0.1, 0.15) is 0 Å². The van der Waals surface area contributed by atoms with E-state index in [9.17, 15) is 0 Å². The van der Waals surface area contributed by atoms with Gasteiger partial charge in [-0.25, -0.2) is 0 Å². The van der Waals surface area contributed by atoms with E-state index in [1.807, 2.05) is 0 Å². The van der Waals surface area contributed by atoms with Crippen molar-refractivity contribution in [1.29, 1.82) is 0 Å². The minimum Gasteiger partial charge on any atom is -1.00 e. The van der Waals surface area contributed by atoms with Crippen molar-refractivity contribution in [1.82, 2.24) is 0 Å². The van der Waals surface area contributed by atoms with E-state index in [4.69, 9.17) is 0 Å². The molecular formula is C36H37Cl2SiZr. The maximum atomic E-state index is 2.97. The van der Waals surface area contributed by atoms with Crippen LogP contribution in [0.25, 0.3) is 43.8 Å². The van der Waals surface area contributed by atoms with E-state index in [0.29, 0.717) is 0 Å². The number of fused-ring (bicyclic) bond motifs is 2. The summed E-state index contributed by atoms with van der Waals surface area (Å²) in [6, 6.07) is 43.1. The van der Waals surface area contributed by atoms with Crippen LogP contribution in [-0.4, -0.2) is 10.2 Å². The summed E-state index contributed by atoms with van der Waals surface area (Å²) in [4.78, 5) is 0. The van der Waals surface area contributed by atoms with Crippen molar-refractivity contribution in [3.05, 3.63) is 132 Å². The quantitative estimate of drug-likeness (QED) is 0.187. The zero-order valence-corrected chi connectivity index (χ0v) is 29.0. The van der Waals surface area contributed by atoms with Crippen molar-refractivity contribution >= 4 is 31.8 Å². The van der Waals surface area contributed by atoms with E-state index in [0.717, 1.165) is 0 Å². The Morgan fingerprint density at radius 2 is 0.850 bits per heavy atom. The zero-order chi connectivity index (χ0) is 26.6. The Kier molecular flexibility index (Phi) is 18.7. The van der Waals surface area contributed by atoms with Gasteiger partial charge in [-0.15, -0.1) is 69.1 Å². The fraction of sp³-hybridized carbons (Fsp3) is 0.167. The van der Waals surface area contributed by atoms with E-state index < -0.39 is 0 Å². The van der Waals surface area contributed by atoms with Crippen LogP contribution in [0.5, 0.6) is 0 Å². The molecule has 0 unspecified atom stereocenters. The SMILES string of the molecule is CCC.C[Si].Cc1cc2c(-c3ccccc3)cccc2[cH-]1.Cc1cc2c(-c3ccccc3)cccc2[cH-]1.[Cl-].[Cl-].[Zr+4]. The summed E-state index contributed by atoms with van der Waals surface area (Å²) in [5.41, 5.74) is 7.89. The fourth-order valence-electron chi connectivity index (χ4n) is 4.51. The maximum Gasteiger partial charge on any atom is 4.00 e. The van der Waals surface area contributed by atoms with Gasteiger partial charge in [-0.05, 0) is 11.1 Å². The summed E-state index contributed by atoms with van der Waals surface area (Å²) in [7, 11) is 2.97. The van der Waals surface area contributed by atoms with Crippen LogP contribution in [0.1, 0.15) is 31.4 Å². The maximum absolute atomic E-state index is 2.97. The van der Waals surface area contributed by atoms with Gasteiger partial charge in [0.15, 0.2) is 0 Å². The Hall–Kier alpha value is -2.22. The molecule has 0 amide bonds. The summed E-state index contributed by atoms with van der Waals surface area (Å²) < 4.78 is 0. The summed E-state index contributed by atoms with van der Waals surface area (Å²) in [5, 5.41) is 5.37. The number of rotatable bonds is 2. The van der Waals surface area contributed by atoms with Gasteiger partial charge in [0.25, 0.3) is 0 Å². The van der Waals surface area contributed by atoms with Crippen LogP contribution in [0.2, 0.25) is 6.55 Å². The van der Waals surface area contributed by atoms with Crippen molar-refractivity contribution in [3.63, 3.8) is 0 Å². The van der Waals surface area contributed by atoms with Crippen molar-refractivity contribution in [2.75, 3.05) is 0 Å². The topological polar surface area (TPSA) is 0 Å². The normalized spacial score (nSPS) is 9.25. The molecule has 0 saturated carbocycles. The van der Waals surface area contributed by atoms with Crippen LogP contribution in [0.15, 0.2) is 121 Å². The predicted octanol–water partition coefficient (Wildman–Crippen LogP) is 4.69. The molecular weight excluding hydrogens is 623 g/mol. The molecule has 203 valence electrons. The number of halogens is 2. The summed E-state index contributed by atoms with van der Waals surface area (Å²) in [5.74, 6) is 0. The molecule has 6 aromatic carbocycles. The molecule has 6 rings (SSSR count). The average Bonchev–Trinajstić information content (AvgIpc) is 3.52. The van der Waals surface area contributed by atoms with Gasteiger partial charge in [-0.1, -0.05) is 125 Å². The molecule has 0 aromatic heterocycles. The molecule has 0 heterocycles. The Morgan fingerprint density at radius 1 is 0.525 bits per heavy atom. The third-order valence-electron chi connectivity index (χ3n) is 5.96. The number of aryl methyl sites for hydroxylation is 2. The molecule has 0 saturated heterocycles. The molecule has 0 atom stereocenters. The first-order valence-corrected chi connectivity index (χ1v) is 14.0. The van der Waals surface area contributed by atoms with Gasteiger partial charge in [-0.2, -0.15) is 12.1 Å². The zero-order valence-electron chi connectivity index (χ0n) is 24.0. The largest absolute Gasteiger partial charge is 4.00 e. The Morgan fingerprint density at radius 3 is 1.18 bits per heavy atom. The first-order chi connectivity index (χ1) is 18.1. The van der Waals surface area contributed by atoms with E-state index in [-0.39, 0.29) is 51.0 Å². The van der Waals surface area contributed by atoms with Crippen molar-refractivity contribution in [3.8, 4) is 22.3 Å². The molecule has 0 aliphatic heterocycles. The number of benzene rings is 4. The van der Waals surface area contributed by atoms with Gasteiger partial charge >= 0.3 is 26.2 Å². The van der Waals surface area contributed by atoms with Gasteiger partial charge in [0, 0.05) is 10.2 Å². The van der Waals surface area contributed by atoms with E-state index in [2.05, 4.69) is 159 Å². The minimum absolute atomic E-state index is 0. The van der Waals surface area contributed by atoms with E-state index in [1.165, 1.54) is 61.3 Å². The summed E-state index contributed by atoms with van der Waals surface area (Å²) >= 11 is 0. The van der Waals surface area contributed by atoms with Gasteiger partial charge in [0.2, 0.25) is 0 Å². The van der Waals surface area contributed by atoms with Crippen LogP contribution in [0, 0.1) is 13.8 Å². The molecule has 4 heteroatoms. The number of hydrogen-bond donors (Lipinski definition) is 0. The second-order valence-corrected chi connectivity index (χ2v) is 9.12. The van der Waals surface area contributed by atoms with Gasteiger partial charge in [0.05, 0.1) is 0 Å². The molecule has 0 spiro atoms. The fourth-order valence-corrected chi connectivity index (χ4v) is 4.51. The summed E-state index contributed by atoms with van der Waals surface area (Å²) in [6.07, 6.45) is 1.25. The van der Waals surface area contributed by atoms with Crippen molar-refractivity contribution in [2.45, 2.75) is 40.7 Å². The molecule has 0 aliphatic carbocycles. The standard InChI is InChI=1S/2C16H13.C3H8.CH3Si.2ClH.Zr/c2*1-12-10-14-8-5-9-15(16(14)11-12)13-6-3-2-4-7-13;1-3-2;1-2;;;/h2*2-11H,1H3;3H2,1-2H3;1H3;2*1H;/q2*-1;;;;;+4/p-2. The third kappa shape index (κ3) is 10.0. The molecule has 0 fully saturated rings. The molecule has 0 N–H and O–H groups in total. The molecule has 0 aliphatic rings. The Bertz CT molecular complexity index is 1390. The average molecular weight is 660 g/mol. The summed E-state index contributed by atoms with van der Waals surface area (Å²) in [6.45, 7) is 10.4. The van der Waals surface area contributed by atoms with Gasteiger partial charge < -0.3 is 24.8 Å². The van der Waals surface area contributed by atoms with Crippen LogP contribution in [0.4, 0.5) is 0 Å². The predicted molar refractivity (Wildman–Crippen MR) is 167 cm³/mol. The second-order valence-electron chi connectivity index (χ2n) is 9.12. The third-order valence-corrected chi connectivity index (χ3v) is 5.96. The van der Waals surface area contributed by atoms with Crippen LogP contribution in [0.3, 0.4) is 0 Å². The Labute approximate surface area is 276 Å². The smallest absolute Gasteiger partial charge is 1.00 e. The van der Waals surface area contributed by atoms with E-state index >= 15 is 0 Å². The van der Waals surface area contributed by atoms with Crippen molar-refractivity contribution < 1.29 is 51.0 Å². The van der Waals surface area contributed by atoms with Crippen LogP contribution in [-0.2, 0) is 26.2 Å². The van der Waals surface area contributed by atoms with Crippen LogP contribution >= 0.6 is 0 Å². The second kappa shape index (κ2) is 19.8. The first kappa shape index (κ1) is 37.8. The van der Waals surface area contributed by atoms with Gasteiger partial charge in [-0.3, -0.25) is 0 Å². The minimum atomic E-state index is 0. The molecule has 6 aromatic rings. The Balaban J connectivity index is 0.000000616. The molecule has 40 heavy (non-hydrogen) atoms. The number of hydrogen-bond acceptors (Lipinski definition) is 0. The first-order valence-electron chi connectivity index (χ1n) is 13.0. The van der Waals surface area contributed by atoms with E-state index in [1.54, 1.807) is 6.55 Å². The molecule has 0 bridgehead atoms. The molecule has 3 radical (unpaired) electrons.